The molecule has 1 aromatic heterocycles. The number of aryl methyl sites for hydroxylation is 1. The summed E-state index contributed by atoms with van der Waals surface area (Å²) in [5, 5.41) is 7.94. The van der Waals surface area contributed by atoms with Crippen molar-refractivity contribution in [2.24, 2.45) is 0 Å². The Morgan fingerprint density at radius 1 is 1.46 bits per heavy atom. The summed E-state index contributed by atoms with van der Waals surface area (Å²) < 4.78 is 5.39. The number of rotatable bonds is 5. The third-order valence-electron chi connectivity index (χ3n) is 4.11. The van der Waals surface area contributed by atoms with Crippen LogP contribution in [0.4, 0.5) is 0 Å². The molecule has 0 saturated carbocycles. The van der Waals surface area contributed by atoms with Gasteiger partial charge in [-0.05, 0) is 26.0 Å². The van der Waals surface area contributed by atoms with Crippen molar-refractivity contribution in [1.82, 2.24) is 15.6 Å². The number of hydrogen-bond donors (Lipinski definition) is 2. The summed E-state index contributed by atoms with van der Waals surface area (Å²) in [6.07, 6.45) is 0.415. The average molecular weight is 416 g/mol. The van der Waals surface area contributed by atoms with Crippen molar-refractivity contribution in [2.75, 3.05) is 19.8 Å². The molecule has 2 atom stereocenters. The molecule has 5 nitrogen and oxygen atoms in total. The number of hydrogen-bond acceptors (Lipinski definition) is 5. The van der Waals surface area contributed by atoms with Gasteiger partial charge in [-0.2, -0.15) is 0 Å². The Balaban J connectivity index is 0.00000243. The van der Waals surface area contributed by atoms with Gasteiger partial charge in [0.05, 0.1) is 24.9 Å². The van der Waals surface area contributed by atoms with Gasteiger partial charge in [-0.25, -0.2) is 4.98 Å². The van der Waals surface area contributed by atoms with Crippen LogP contribution >= 0.6 is 35.3 Å². The van der Waals surface area contributed by atoms with Gasteiger partial charge in [-0.1, -0.05) is 23.7 Å². The monoisotopic (exact) mass is 415 g/mol. The van der Waals surface area contributed by atoms with E-state index in [1.807, 2.05) is 38.1 Å². The minimum Gasteiger partial charge on any atom is -0.378 e. The van der Waals surface area contributed by atoms with Gasteiger partial charge in [0.1, 0.15) is 5.01 Å². The number of nitrogens with one attached hydrogen (secondary N) is 2. The first kappa shape index (κ1) is 21.1. The second-order valence-electron chi connectivity index (χ2n) is 6.18. The topological polar surface area (TPSA) is 63.2 Å². The quantitative estimate of drug-likeness (QED) is 0.780. The lowest BCUT2D eigenvalue weighted by atomic mass is 10.1. The van der Waals surface area contributed by atoms with E-state index in [1.54, 1.807) is 11.3 Å². The zero-order chi connectivity index (χ0) is 17.8. The molecule has 0 bridgehead atoms. The van der Waals surface area contributed by atoms with E-state index in [0.717, 1.165) is 27.7 Å². The number of benzene rings is 1. The van der Waals surface area contributed by atoms with Crippen molar-refractivity contribution in [1.29, 1.82) is 0 Å². The van der Waals surface area contributed by atoms with Gasteiger partial charge in [0.25, 0.3) is 0 Å². The Hall–Kier alpha value is -1.18. The number of halogens is 2. The molecule has 26 heavy (non-hydrogen) atoms. The molecule has 0 aliphatic carbocycles. The molecular formula is C18H23Cl2N3O2S. The first-order chi connectivity index (χ1) is 12.0. The lowest BCUT2D eigenvalue weighted by molar-refractivity contribution is -0.122. The molecule has 142 valence electrons. The SMILES string of the molecule is Cc1sc(C(C)NC(=O)CC2COCCN2)nc1-c1ccc(Cl)cc1.Cl. The fraction of sp³-hybridized carbons (Fsp3) is 0.444. The third kappa shape index (κ3) is 5.41. The van der Waals surface area contributed by atoms with E-state index in [-0.39, 0.29) is 30.4 Å². The van der Waals surface area contributed by atoms with Crippen LogP contribution in [0, 0.1) is 6.92 Å². The number of thiazole rings is 1. The highest BCUT2D eigenvalue weighted by Gasteiger charge is 2.20. The van der Waals surface area contributed by atoms with Gasteiger partial charge < -0.3 is 15.4 Å². The molecule has 2 heterocycles. The molecule has 1 aromatic carbocycles. The van der Waals surface area contributed by atoms with Gasteiger partial charge in [-0.3, -0.25) is 4.79 Å². The van der Waals surface area contributed by atoms with Crippen molar-refractivity contribution < 1.29 is 9.53 Å². The van der Waals surface area contributed by atoms with E-state index in [0.29, 0.717) is 24.7 Å². The van der Waals surface area contributed by atoms with Crippen LogP contribution in [0.1, 0.15) is 29.3 Å². The Kier molecular flexibility index (Phi) is 7.85. The predicted octanol–water partition coefficient (Wildman–Crippen LogP) is 3.75. The fourth-order valence-corrected chi connectivity index (χ4v) is 3.89. The highest BCUT2D eigenvalue weighted by atomic mass is 35.5. The van der Waals surface area contributed by atoms with Crippen LogP contribution in [0.15, 0.2) is 24.3 Å². The molecule has 0 spiro atoms. The normalized spacial score (nSPS) is 18.0. The Morgan fingerprint density at radius 3 is 2.85 bits per heavy atom. The van der Waals surface area contributed by atoms with Gasteiger partial charge in [0, 0.05) is 34.5 Å². The zero-order valence-corrected chi connectivity index (χ0v) is 17.1. The maximum absolute atomic E-state index is 12.2. The molecule has 2 aromatic rings. The largest absolute Gasteiger partial charge is 0.378 e. The van der Waals surface area contributed by atoms with E-state index < -0.39 is 0 Å². The molecule has 8 heteroatoms. The zero-order valence-electron chi connectivity index (χ0n) is 14.8. The van der Waals surface area contributed by atoms with Gasteiger partial charge in [0.15, 0.2) is 0 Å². The van der Waals surface area contributed by atoms with Gasteiger partial charge in [0.2, 0.25) is 5.91 Å². The minimum atomic E-state index is -0.123. The van der Waals surface area contributed by atoms with Crippen molar-refractivity contribution in [3.63, 3.8) is 0 Å². The standard InChI is InChI=1S/C18H22ClN3O2S.ClH/c1-11(21-16(23)9-15-10-24-8-7-20-15)18-22-17(12(2)25-18)13-3-5-14(19)6-4-13;/h3-6,11,15,20H,7-10H2,1-2H3,(H,21,23);1H. The smallest absolute Gasteiger partial charge is 0.222 e. The Bertz CT molecular complexity index is 731. The molecule has 1 aliphatic heterocycles. The highest BCUT2D eigenvalue weighted by molar-refractivity contribution is 7.12. The number of ether oxygens (including phenoxy) is 1. The second kappa shape index (κ2) is 9.67. The number of carbonyl (C=O) groups excluding carboxylic acids is 1. The molecule has 0 radical (unpaired) electrons. The average Bonchev–Trinajstić information content (AvgIpc) is 2.98. The molecule has 2 unspecified atom stereocenters. The third-order valence-corrected chi connectivity index (χ3v) is 5.51. The van der Waals surface area contributed by atoms with E-state index in [4.69, 9.17) is 21.3 Å². The van der Waals surface area contributed by atoms with Crippen LogP contribution in [-0.4, -0.2) is 36.7 Å². The number of morpholine rings is 1. The Labute approximate surface area is 168 Å². The van der Waals surface area contributed by atoms with E-state index in [9.17, 15) is 4.79 Å². The van der Waals surface area contributed by atoms with Crippen molar-refractivity contribution in [2.45, 2.75) is 32.4 Å². The molecule has 1 amide bonds. The molecule has 1 aliphatic rings. The van der Waals surface area contributed by atoms with E-state index in [1.165, 1.54) is 0 Å². The lowest BCUT2D eigenvalue weighted by Crippen LogP contribution is -2.44. The molecule has 2 N–H and O–H groups in total. The fourth-order valence-electron chi connectivity index (χ4n) is 2.81. The molecule has 1 saturated heterocycles. The maximum Gasteiger partial charge on any atom is 0.222 e. The summed E-state index contributed by atoms with van der Waals surface area (Å²) in [4.78, 5) is 18.1. The number of nitrogens with zero attached hydrogens (tertiary/aromatic N) is 1. The maximum atomic E-state index is 12.2. The van der Waals surface area contributed by atoms with Crippen LogP contribution in [0.25, 0.3) is 11.3 Å². The molecular weight excluding hydrogens is 393 g/mol. The number of carbonyl (C=O) groups is 1. The number of amides is 1. The van der Waals surface area contributed by atoms with Crippen molar-refractivity contribution >= 4 is 41.3 Å². The van der Waals surface area contributed by atoms with E-state index >= 15 is 0 Å². The molecule has 1 fully saturated rings. The van der Waals surface area contributed by atoms with Crippen molar-refractivity contribution in [3.05, 3.63) is 39.2 Å². The van der Waals surface area contributed by atoms with Gasteiger partial charge in [-0.15, -0.1) is 23.7 Å². The predicted molar refractivity (Wildman–Crippen MR) is 108 cm³/mol. The van der Waals surface area contributed by atoms with Crippen LogP contribution < -0.4 is 10.6 Å². The summed E-state index contributed by atoms with van der Waals surface area (Å²) in [6.45, 7) is 6.10. The molecule has 3 rings (SSSR count). The van der Waals surface area contributed by atoms with Crippen LogP contribution in [0.2, 0.25) is 5.02 Å². The van der Waals surface area contributed by atoms with E-state index in [2.05, 4.69) is 10.6 Å². The number of aromatic nitrogens is 1. The summed E-state index contributed by atoms with van der Waals surface area (Å²) in [7, 11) is 0. The second-order valence-corrected chi connectivity index (χ2v) is 7.85. The highest BCUT2D eigenvalue weighted by Crippen LogP contribution is 2.31. The summed E-state index contributed by atoms with van der Waals surface area (Å²) in [6, 6.07) is 7.61. The van der Waals surface area contributed by atoms with Gasteiger partial charge >= 0.3 is 0 Å². The van der Waals surface area contributed by atoms with Crippen LogP contribution in [0.3, 0.4) is 0 Å². The lowest BCUT2D eigenvalue weighted by Gasteiger charge is -2.23. The van der Waals surface area contributed by atoms with Crippen LogP contribution in [-0.2, 0) is 9.53 Å². The Morgan fingerprint density at radius 2 is 2.19 bits per heavy atom. The summed E-state index contributed by atoms with van der Waals surface area (Å²) in [5.41, 5.74) is 1.98. The summed E-state index contributed by atoms with van der Waals surface area (Å²) in [5.74, 6) is 0.0106. The van der Waals surface area contributed by atoms with Crippen LogP contribution in [0.5, 0.6) is 0 Å². The minimum absolute atomic E-state index is 0. The summed E-state index contributed by atoms with van der Waals surface area (Å²) >= 11 is 7.56. The first-order valence-corrected chi connectivity index (χ1v) is 9.56. The first-order valence-electron chi connectivity index (χ1n) is 8.36. The van der Waals surface area contributed by atoms with Crippen molar-refractivity contribution in [3.8, 4) is 11.3 Å².